The number of rotatable bonds is 4. The van der Waals surface area contributed by atoms with Crippen molar-refractivity contribution in [3.8, 4) is 22.4 Å². The summed E-state index contributed by atoms with van der Waals surface area (Å²) < 4.78 is 0. The Morgan fingerprint density at radius 1 is 0.545 bits per heavy atom. The first-order valence-electron chi connectivity index (χ1n) is 11.6. The van der Waals surface area contributed by atoms with Crippen LogP contribution >= 0.6 is 0 Å². The number of aryl methyl sites for hydroxylation is 4. The van der Waals surface area contributed by atoms with E-state index in [-0.39, 0.29) is 0 Å². The molecule has 0 aliphatic heterocycles. The van der Waals surface area contributed by atoms with Crippen LogP contribution in [0.4, 0.5) is 0 Å². The molecule has 1 heterocycles. The molecule has 1 aromatic heterocycles. The average molecular weight is 428 g/mol. The molecule has 1 nitrogen and oxygen atoms in total. The third-order valence-corrected chi connectivity index (χ3v) is 6.29. The Labute approximate surface area is 196 Å². The maximum atomic E-state index is 5.38. The van der Waals surface area contributed by atoms with E-state index in [1.54, 1.807) is 0 Å². The van der Waals surface area contributed by atoms with E-state index in [0.29, 0.717) is 0 Å². The number of pyridine rings is 1. The van der Waals surface area contributed by atoms with E-state index in [0.717, 1.165) is 17.8 Å². The summed E-state index contributed by atoms with van der Waals surface area (Å²) in [4.78, 5) is 5.38. The van der Waals surface area contributed by atoms with Gasteiger partial charge in [-0.3, -0.25) is 4.98 Å². The van der Waals surface area contributed by atoms with Crippen LogP contribution in [0.3, 0.4) is 0 Å². The van der Waals surface area contributed by atoms with Gasteiger partial charge in [0.2, 0.25) is 0 Å². The van der Waals surface area contributed by atoms with Crippen LogP contribution in [-0.4, -0.2) is 4.98 Å². The van der Waals surface area contributed by atoms with E-state index in [2.05, 4.69) is 119 Å². The second kappa shape index (κ2) is 8.67. The molecule has 5 aromatic rings. The summed E-state index contributed by atoms with van der Waals surface area (Å²) in [5.74, 6) is 0. The zero-order valence-electron chi connectivity index (χ0n) is 19.8. The summed E-state index contributed by atoms with van der Waals surface area (Å²) in [6, 6.07) is 33.1. The monoisotopic (exact) mass is 427 g/mol. The van der Waals surface area contributed by atoms with Crippen molar-refractivity contribution in [1.29, 1.82) is 0 Å². The minimum Gasteiger partial charge on any atom is -0.251 e. The lowest BCUT2D eigenvalue weighted by Gasteiger charge is -2.18. The van der Waals surface area contributed by atoms with E-state index in [1.165, 1.54) is 55.3 Å². The molecule has 0 bridgehead atoms. The van der Waals surface area contributed by atoms with Crippen molar-refractivity contribution >= 4 is 10.8 Å². The van der Waals surface area contributed by atoms with Crippen LogP contribution in [0.15, 0.2) is 91.0 Å². The normalized spacial score (nSPS) is 11.2. The molecule has 0 aliphatic rings. The summed E-state index contributed by atoms with van der Waals surface area (Å²) in [7, 11) is 0. The number of benzene rings is 4. The van der Waals surface area contributed by atoms with Gasteiger partial charge in [0.05, 0.1) is 11.4 Å². The topological polar surface area (TPSA) is 12.9 Å². The van der Waals surface area contributed by atoms with Gasteiger partial charge in [-0.2, -0.15) is 0 Å². The van der Waals surface area contributed by atoms with Gasteiger partial charge in [0, 0.05) is 22.9 Å². The van der Waals surface area contributed by atoms with E-state index in [1.807, 2.05) is 0 Å². The Hall–Kier alpha value is -3.71. The van der Waals surface area contributed by atoms with Crippen LogP contribution in [0.1, 0.15) is 33.5 Å². The van der Waals surface area contributed by atoms with Gasteiger partial charge in [-0.05, 0) is 56.3 Å². The Morgan fingerprint density at radius 3 is 1.85 bits per heavy atom. The number of hydrogen-bond donors (Lipinski definition) is 0. The van der Waals surface area contributed by atoms with Crippen molar-refractivity contribution in [3.63, 3.8) is 0 Å². The predicted molar refractivity (Wildman–Crippen MR) is 141 cm³/mol. The molecule has 0 saturated heterocycles. The van der Waals surface area contributed by atoms with E-state index in [4.69, 9.17) is 4.98 Å². The van der Waals surface area contributed by atoms with Gasteiger partial charge >= 0.3 is 0 Å². The van der Waals surface area contributed by atoms with E-state index >= 15 is 0 Å². The molecule has 1 heteroatoms. The summed E-state index contributed by atoms with van der Waals surface area (Å²) >= 11 is 0. The number of fused-ring (bicyclic) bond motifs is 1. The maximum absolute atomic E-state index is 5.38. The molecule has 0 saturated carbocycles. The molecule has 0 radical (unpaired) electrons. The van der Waals surface area contributed by atoms with Gasteiger partial charge in [-0.25, -0.2) is 0 Å². The minimum atomic E-state index is 0.814. The second-order valence-corrected chi connectivity index (χ2v) is 9.24. The van der Waals surface area contributed by atoms with Crippen LogP contribution in [0.5, 0.6) is 0 Å². The first-order valence-corrected chi connectivity index (χ1v) is 11.6. The smallest absolute Gasteiger partial charge is 0.0790 e. The highest BCUT2D eigenvalue weighted by Gasteiger charge is 2.18. The Morgan fingerprint density at radius 2 is 1.15 bits per heavy atom. The van der Waals surface area contributed by atoms with Crippen LogP contribution in [0.25, 0.3) is 33.2 Å². The van der Waals surface area contributed by atoms with Crippen molar-refractivity contribution in [2.24, 2.45) is 0 Å². The van der Waals surface area contributed by atoms with Crippen molar-refractivity contribution in [1.82, 2.24) is 4.98 Å². The highest BCUT2D eigenvalue weighted by atomic mass is 14.7. The average Bonchev–Trinajstić information content (AvgIpc) is 2.79. The fraction of sp³-hybridized carbons (Fsp3) is 0.156. The Bertz CT molecular complexity index is 1480. The molecule has 0 unspecified atom stereocenters. The SMILES string of the molecule is Cc1cccc(Cc2nc(-c3cccc(C)c3)c(-c3cccc(C)c3)c3ccc(C)cc23)c1. The van der Waals surface area contributed by atoms with Gasteiger partial charge in [0.25, 0.3) is 0 Å². The third kappa shape index (κ3) is 4.32. The number of nitrogens with zero attached hydrogens (tertiary/aromatic N) is 1. The molecule has 5 rings (SSSR count). The summed E-state index contributed by atoms with van der Waals surface area (Å²) in [6.45, 7) is 8.62. The van der Waals surface area contributed by atoms with Crippen LogP contribution in [0, 0.1) is 27.7 Å². The Balaban J connectivity index is 1.85. The molecule has 0 atom stereocenters. The molecule has 162 valence electrons. The van der Waals surface area contributed by atoms with Crippen LogP contribution in [0.2, 0.25) is 0 Å². The van der Waals surface area contributed by atoms with E-state index in [9.17, 15) is 0 Å². The first kappa shape index (κ1) is 21.2. The molecular formula is C32H29N. The fourth-order valence-corrected chi connectivity index (χ4v) is 4.74. The molecule has 0 fully saturated rings. The van der Waals surface area contributed by atoms with Crippen LogP contribution in [-0.2, 0) is 6.42 Å². The molecule has 0 amide bonds. The van der Waals surface area contributed by atoms with E-state index < -0.39 is 0 Å². The predicted octanol–water partition coefficient (Wildman–Crippen LogP) is 8.39. The minimum absolute atomic E-state index is 0.814. The highest BCUT2D eigenvalue weighted by molar-refractivity contribution is 6.04. The Kier molecular flexibility index (Phi) is 5.56. The fourth-order valence-electron chi connectivity index (χ4n) is 4.74. The van der Waals surface area contributed by atoms with Crippen LogP contribution < -0.4 is 0 Å². The van der Waals surface area contributed by atoms with Gasteiger partial charge in [0.15, 0.2) is 0 Å². The molecule has 4 aromatic carbocycles. The molecular weight excluding hydrogens is 398 g/mol. The van der Waals surface area contributed by atoms with Gasteiger partial charge in [0.1, 0.15) is 0 Å². The van der Waals surface area contributed by atoms with Crippen molar-refractivity contribution in [3.05, 3.63) is 125 Å². The largest absolute Gasteiger partial charge is 0.251 e. The third-order valence-electron chi connectivity index (χ3n) is 6.29. The van der Waals surface area contributed by atoms with Gasteiger partial charge < -0.3 is 0 Å². The summed E-state index contributed by atoms with van der Waals surface area (Å²) in [5.41, 5.74) is 12.1. The molecule has 0 N–H and O–H groups in total. The molecule has 0 aliphatic carbocycles. The quantitative estimate of drug-likeness (QED) is 0.281. The lowest BCUT2D eigenvalue weighted by Crippen LogP contribution is -2.01. The lowest BCUT2D eigenvalue weighted by molar-refractivity contribution is 1.10. The number of aromatic nitrogens is 1. The summed E-state index contributed by atoms with van der Waals surface area (Å²) in [6.07, 6.45) is 0.814. The van der Waals surface area contributed by atoms with Gasteiger partial charge in [-0.1, -0.05) is 101 Å². The van der Waals surface area contributed by atoms with Crippen molar-refractivity contribution in [2.75, 3.05) is 0 Å². The van der Waals surface area contributed by atoms with Crippen molar-refractivity contribution in [2.45, 2.75) is 34.1 Å². The molecule has 0 spiro atoms. The maximum Gasteiger partial charge on any atom is 0.0790 e. The zero-order valence-corrected chi connectivity index (χ0v) is 19.8. The highest BCUT2D eigenvalue weighted by Crippen LogP contribution is 2.39. The summed E-state index contributed by atoms with van der Waals surface area (Å²) in [5, 5.41) is 2.50. The molecule has 33 heavy (non-hydrogen) atoms. The lowest BCUT2D eigenvalue weighted by atomic mass is 9.90. The van der Waals surface area contributed by atoms with Gasteiger partial charge in [-0.15, -0.1) is 0 Å². The second-order valence-electron chi connectivity index (χ2n) is 9.24. The van der Waals surface area contributed by atoms with Crippen molar-refractivity contribution < 1.29 is 0 Å². The number of hydrogen-bond acceptors (Lipinski definition) is 1. The zero-order chi connectivity index (χ0) is 22.9. The standard InChI is InChI=1S/C32H29N/c1-21-8-5-11-25(16-21)20-30-29-19-24(4)14-15-28(29)31(26-12-6-9-22(2)17-26)32(33-30)27-13-7-10-23(3)18-27/h5-19H,20H2,1-4H3. The first-order chi connectivity index (χ1) is 16.0.